The number of carbonyl (C=O) groups is 1. The molecule has 0 aromatic heterocycles. The molecule has 100 valence electrons. The normalized spacial score (nSPS) is 10.8. The van der Waals surface area contributed by atoms with Crippen LogP contribution < -0.4 is 0 Å². The van der Waals surface area contributed by atoms with Gasteiger partial charge in [-0.25, -0.2) is 0 Å². The van der Waals surface area contributed by atoms with Gasteiger partial charge in [0, 0.05) is 23.0 Å². The molecule has 1 aromatic rings. The Hall–Kier alpha value is -0.520. The fourth-order valence-electron chi connectivity index (χ4n) is 1.62. The number of benzene rings is 1. The van der Waals surface area contributed by atoms with Crippen LogP contribution in [0.15, 0.2) is 27.6 Å². The van der Waals surface area contributed by atoms with E-state index in [1.54, 1.807) is 11.0 Å². The second-order valence-corrected chi connectivity index (χ2v) is 5.94. The zero-order valence-corrected chi connectivity index (χ0v) is 13.5. The van der Waals surface area contributed by atoms with E-state index in [1.807, 2.05) is 33.3 Å². The lowest BCUT2D eigenvalue weighted by Crippen LogP contribution is -2.30. The Kier molecular flexibility index (Phi) is 6.18. The zero-order valence-electron chi connectivity index (χ0n) is 11.0. The fourth-order valence-corrected chi connectivity index (χ4v) is 2.46. The van der Waals surface area contributed by atoms with Crippen molar-refractivity contribution in [1.82, 2.24) is 9.80 Å². The van der Waals surface area contributed by atoms with Crippen molar-refractivity contribution >= 4 is 34.5 Å². The number of carbonyl (C=O) groups excluding carboxylic acids is 1. The summed E-state index contributed by atoms with van der Waals surface area (Å²) in [6.45, 7) is 1.73. The Labute approximate surface area is 123 Å². The van der Waals surface area contributed by atoms with Crippen molar-refractivity contribution in [2.45, 2.75) is 11.3 Å². The highest BCUT2D eigenvalue weighted by atomic mass is 79.9. The number of hydrogen-bond donors (Lipinski definition) is 1. The van der Waals surface area contributed by atoms with Crippen LogP contribution in [-0.4, -0.2) is 49.9 Å². The third-order valence-electron chi connectivity index (χ3n) is 2.64. The average Bonchev–Trinajstić information content (AvgIpc) is 2.27. The molecule has 0 spiro atoms. The van der Waals surface area contributed by atoms with Gasteiger partial charge in [-0.15, -0.1) is 12.6 Å². The van der Waals surface area contributed by atoms with Gasteiger partial charge >= 0.3 is 0 Å². The van der Waals surface area contributed by atoms with E-state index in [2.05, 4.69) is 33.5 Å². The van der Waals surface area contributed by atoms with E-state index < -0.39 is 0 Å². The second-order valence-electron chi connectivity index (χ2n) is 4.55. The largest absolute Gasteiger partial charge is 0.342 e. The maximum atomic E-state index is 12.2. The minimum absolute atomic E-state index is 0.0197. The van der Waals surface area contributed by atoms with Crippen LogP contribution in [0.2, 0.25) is 0 Å². The molecule has 0 unspecified atom stereocenters. The molecule has 0 atom stereocenters. The molecule has 18 heavy (non-hydrogen) atoms. The van der Waals surface area contributed by atoms with Gasteiger partial charge in [-0.3, -0.25) is 4.79 Å². The van der Waals surface area contributed by atoms with Gasteiger partial charge in [-0.2, -0.15) is 0 Å². The molecule has 0 bridgehead atoms. The summed E-state index contributed by atoms with van der Waals surface area (Å²) in [6, 6.07) is 5.50. The summed E-state index contributed by atoms with van der Waals surface area (Å²) in [5.74, 6) is 0.0197. The summed E-state index contributed by atoms with van der Waals surface area (Å²) in [5, 5.41) is 0. The predicted octanol–water partition coefficient (Wildman–Crippen LogP) is 2.76. The van der Waals surface area contributed by atoms with Crippen LogP contribution in [0, 0.1) is 0 Å². The van der Waals surface area contributed by atoms with Gasteiger partial charge in [0.25, 0.3) is 5.91 Å². The first-order valence-electron chi connectivity index (χ1n) is 5.80. The van der Waals surface area contributed by atoms with Crippen molar-refractivity contribution in [2.75, 3.05) is 34.2 Å². The lowest BCUT2D eigenvalue weighted by atomic mass is 10.2. The van der Waals surface area contributed by atoms with E-state index in [0.29, 0.717) is 10.5 Å². The van der Waals surface area contributed by atoms with Crippen molar-refractivity contribution in [2.24, 2.45) is 0 Å². The highest BCUT2D eigenvalue weighted by molar-refractivity contribution is 9.10. The van der Waals surface area contributed by atoms with E-state index in [1.165, 1.54) is 0 Å². The van der Waals surface area contributed by atoms with E-state index in [-0.39, 0.29) is 5.91 Å². The number of thiol groups is 1. The molecule has 0 radical (unpaired) electrons. The number of hydrogen-bond acceptors (Lipinski definition) is 3. The molecule has 0 N–H and O–H groups in total. The molecule has 0 aliphatic carbocycles. The molecule has 5 heteroatoms. The van der Waals surface area contributed by atoms with Crippen LogP contribution in [0.25, 0.3) is 0 Å². The van der Waals surface area contributed by atoms with E-state index in [4.69, 9.17) is 0 Å². The molecule has 0 aliphatic rings. The lowest BCUT2D eigenvalue weighted by Gasteiger charge is -2.19. The summed E-state index contributed by atoms with van der Waals surface area (Å²) in [7, 11) is 5.89. The minimum Gasteiger partial charge on any atom is -0.342 e. The molecule has 0 heterocycles. The summed E-state index contributed by atoms with van der Waals surface area (Å²) in [4.78, 5) is 16.8. The zero-order chi connectivity index (χ0) is 13.7. The van der Waals surface area contributed by atoms with Gasteiger partial charge in [0.2, 0.25) is 0 Å². The quantitative estimate of drug-likeness (QED) is 0.839. The number of halogens is 1. The van der Waals surface area contributed by atoms with Crippen molar-refractivity contribution in [1.29, 1.82) is 0 Å². The maximum absolute atomic E-state index is 12.2. The molecule has 0 aliphatic heterocycles. The van der Waals surface area contributed by atoms with Crippen LogP contribution in [0.1, 0.15) is 16.8 Å². The third kappa shape index (κ3) is 4.63. The Morgan fingerprint density at radius 2 is 1.94 bits per heavy atom. The highest BCUT2D eigenvalue weighted by Gasteiger charge is 2.14. The second kappa shape index (κ2) is 7.16. The topological polar surface area (TPSA) is 23.6 Å². The van der Waals surface area contributed by atoms with Crippen molar-refractivity contribution in [3.8, 4) is 0 Å². The summed E-state index contributed by atoms with van der Waals surface area (Å²) in [5.41, 5.74) is 0.647. The number of nitrogens with zero attached hydrogens (tertiary/aromatic N) is 2. The number of amides is 1. The smallest absolute Gasteiger partial charge is 0.254 e. The molecular weight excluding hydrogens is 312 g/mol. The van der Waals surface area contributed by atoms with E-state index in [0.717, 1.165) is 24.0 Å². The molecular formula is C13H19BrN2OS. The Morgan fingerprint density at radius 1 is 1.28 bits per heavy atom. The summed E-state index contributed by atoms with van der Waals surface area (Å²) < 4.78 is 0.930. The minimum atomic E-state index is 0.0197. The lowest BCUT2D eigenvalue weighted by molar-refractivity contribution is 0.0787. The molecule has 1 amide bonds. The van der Waals surface area contributed by atoms with Gasteiger partial charge in [-0.1, -0.05) is 15.9 Å². The Morgan fingerprint density at radius 3 is 2.50 bits per heavy atom. The molecule has 0 fully saturated rings. The molecule has 0 saturated heterocycles. The third-order valence-corrected chi connectivity index (χ3v) is 3.50. The van der Waals surface area contributed by atoms with E-state index in [9.17, 15) is 4.79 Å². The van der Waals surface area contributed by atoms with Gasteiger partial charge in [0.05, 0.1) is 5.56 Å². The van der Waals surface area contributed by atoms with Crippen molar-refractivity contribution < 1.29 is 4.79 Å². The number of rotatable bonds is 5. The van der Waals surface area contributed by atoms with Crippen LogP contribution >= 0.6 is 28.6 Å². The van der Waals surface area contributed by atoms with Gasteiger partial charge < -0.3 is 9.80 Å². The molecule has 0 saturated carbocycles. The summed E-state index contributed by atoms with van der Waals surface area (Å²) in [6.07, 6.45) is 0.966. The van der Waals surface area contributed by atoms with Crippen LogP contribution in [0.4, 0.5) is 0 Å². The molecule has 1 rings (SSSR count). The predicted molar refractivity (Wildman–Crippen MR) is 81.5 cm³/mol. The van der Waals surface area contributed by atoms with Gasteiger partial charge in [0.15, 0.2) is 0 Å². The standard InChI is InChI=1S/C13H19BrN2OS/c1-15(2)7-4-8-16(3)13(17)11-6-5-10(14)9-12(11)18/h5-6,9,18H,4,7-8H2,1-3H3. The Bertz CT molecular complexity index is 423. The maximum Gasteiger partial charge on any atom is 0.254 e. The van der Waals surface area contributed by atoms with Gasteiger partial charge in [-0.05, 0) is 45.3 Å². The Balaban J connectivity index is 2.63. The fraction of sp³-hybridized carbons (Fsp3) is 0.462. The van der Waals surface area contributed by atoms with Crippen LogP contribution in [0.3, 0.4) is 0 Å². The SMILES string of the molecule is CN(C)CCCN(C)C(=O)c1ccc(Br)cc1S. The monoisotopic (exact) mass is 330 g/mol. The highest BCUT2D eigenvalue weighted by Crippen LogP contribution is 2.20. The average molecular weight is 331 g/mol. The first kappa shape index (κ1) is 15.5. The van der Waals surface area contributed by atoms with Gasteiger partial charge in [0.1, 0.15) is 0 Å². The summed E-state index contributed by atoms with van der Waals surface area (Å²) >= 11 is 7.70. The first-order valence-corrected chi connectivity index (χ1v) is 7.04. The van der Waals surface area contributed by atoms with Crippen LogP contribution in [-0.2, 0) is 0 Å². The molecule has 1 aromatic carbocycles. The van der Waals surface area contributed by atoms with E-state index >= 15 is 0 Å². The first-order chi connectivity index (χ1) is 8.41. The van der Waals surface area contributed by atoms with Crippen molar-refractivity contribution in [3.05, 3.63) is 28.2 Å². The van der Waals surface area contributed by atoms with Crippen LogP contribution in [0.5, 0.6) is 0 Å². The molecule has 3 nitrogen and oxygen atoms in total. The van der Waals surface area contributed by atoms with Crippen molar-refractivity contribution in [3.63, 3.8) is 0 Å².